The maximum Gasteiger partial charge on any atom is 0.352 e. The highest BCUT2D eigenvalue weighted by molar-refractivity contribution is 5.98. The van der Waals surface area contributed by atoms with Crippen LogP contribution >= 0.6 is 0 Å². The highest BCUT2D eigenvalue weighted by atomic mass is 16.2. The van der Waals surface area contributed by atoms with Gasteiger partial charge in [-0.25, -0.2) is 13.9 Å². The van der Waals surface area contributed by atoms with Crippen LogP contribution in [0.4, 0.5) is 5.69 Å². The zero-order valence-electron chi connectivity index (χ0n) is 22.4. The molecule has 10 heteroatoms. The summed E-state index contributed by atoms with van der Waals surface area (Å²) in [6.45, 7) is 10.5. The van der Waals surface area contributed by atoms with Gasteiger partial charge in [-0.15, -0.1) is 5.10 Å². The monoisotopic (exact) mass is 518 g/mol. The number of carbonyl (C=O) groups excluding carboxylic acids is 2. The van der Waals surface area contributed by atoms with Crippen LogP contribution in [0.5, 0.6) is 0 Å². The molecule has 10 nitrogen and oxygen atoms in total. The summed E-state index contributed by atoms with van der Waals surface area (Å²) in [4.78, 5) is 52.6. The van der Waals surface area contributed by atoms with Crippen LogP contribution in [0, 0.1) is 18.8 Å². The molecule has 0 aliphatic rings. The molecule has 0 spiro atoms. The molecule has 2 aromatic carbocycles. The molecular formula is C28H34N6O4. The molecule has 0 fully saturated rings. The fourth-order valence-electron chi connectivity index (χ4n) is 4.21. The maximum absolute atomic E-state index is 13.5. The lowest BCUT2D eigenvalue weighted by molar-refractivity contribution is -0.117. The van der Waals surface area contributed by atoms with Gasteiger partial charge in [0.25, 0.3) is 11.5 Å². The molecule has 0 saturated heterocycles. The topological polar surface area (TPSA) is 120 Å². The number of aryl methyl sites for hydroxylation is 2. The summed E-state index contributed by atoms with van der Waals surface area (Å²) < 4.78 is 3.84. The Morgan fingerprint density at radius 1 is 1.00 bits per heavy atom. The maximum atomic E-state index is 13.5. The van der Waals surface area contributed by atoms with Gasteiger partial charge in [0.1, 0.15) is 6.54 Å². The van der Waals surface area contributed by atoms with Crippen LogP contribution in [-0.4, -0.2) is 37.1 Å². The number of anilines is 1. The number of rotatable bonds is 9. The van der Waals surface area contributed by atoms with Gasteiger partial charge in [0.15, 0.2) is 0 Å². The smallest absolute Gasteiger partial charge is 0.352 e. The first kappa shape index (κ1) is 26.8. The minimum Gasteiger partial charge on any atom is -0.352 e. The van der Waals surface area contributed by atoms with Gasteiger partial charge in [0.2, 0.25) is 11.7 Å². The third kappa shape index (κ3) is 5.69. The third-order valence-electron chi connectivity index (χ3n) is 6.24. The van der Waals surface area contributed by atoms with E-state index in [0.29, 0.717) is 42.1 Å². The zero-order chi connectivity index (χ0) is 27.6. The molecule has 2 heterocycles. The van der Waals surface area contributed by atoms with Gasteiger partial charge in [-0.2, -0.15) is 0 Å². The van der Waals surface area contributed by atoms with E-state index in [1.807, 2.05) is 52.8 Å². The van der Waals surface area contributed by atoms with E-state index in [4.69, 9.17) is 0 Å². The normalized spacial score (nSPS) is 11.6. The van der Waals surface area contributed by atoms with Gasteiger partial charge in [-0.3, -0.25) is 19.0 Å². The predicted octanol–water partition coefficient (Wildman–Crippen LogP) is 3.19. The Morgan fingerprint density at radius 2 is 1.76 bits per heavy atom. The van der Waals surface area contributed by atoms with Gasteiger partial charge < -0.3 is 10.6 Å². The Hall–Kier alpha value is -4.21. The lowest BCUT2D eigenvalue weighted by Gasteiger charge is -2.12. The van der Waals surface area contributed by atoms with Crippen molar-refractivity contribution in [3.8, 4) is 0 Å². The molecule has 0 radical (unpaired) electrons. The van der Waals surface area contributed by atoms with E-state index in [-0.39, 0.29) is 35.2 Å². The number of benzene rings is 2. The second kappa shape index (κ2) is 11.0. The first-order valence-electron chi connectivity index (χ1n) is 12.9. The van der Waals surface area contributed by atoms with Crippen LogP contribution < -0.4 is 21.9 Å². The molecule has 4 rings (SSSR count). The number of carbonyl (C=O) groups is 2. The summed E-state index contributed by atoms with van der Waals surface area (Å²) in [5, 5.41) is 10.3. The second-order valence-electron chi connectivity index (χ2n) is 10.5. The van der Waals surface area contributed by atoms with Crippen molar-refractivity contribution in [2.45, 2.75) is 54.1 Å². The summed E-state index contributed by atoms with van der Waals surface area (Å²) >= 11 is 0. The third-order valence-corrected chi connectivity index (χ3v) is 6.24. The minimum absolute atomic E-state index is 0.135. The number of hydrogen-bond donors (Lipinski definition) is 2. The molecule has 0 aliphatic carbocycles. The number of hydrogen-bond acceptors (Lipinski definition) is 5. The van der Waals surface area contributed by atoms with Gasteiger partial charge in [0, 0.05) is 24.3 Å². The largest absolute Gasteiger partial charge is 0.352 e. The quantitative estimate of drug-likeness (QED) is 0.353. The van der Waals surface area contributed by atoms with E-state index in [1.165, 1.54) is 15.0 Å². The highest BCUT2D eigenvalue weighted by Gasteiger charge is 2.20. The Balaban J connectivity index is 1.82. The molecule has 0 atom stereocenters. The number of amides is 2. The minimum atomic E-state index is -0.567. The predicted molar refractivity (Wildman–Crippen MR) is 148 cm³/mol. The van der Waals surface area contributed by atoms with E-state index in [0.717, 1.165) is 10.2 Å². The molecule has 0 bridgehead atoms. The fraction of sp³-hybridized carbons (Fsp3) is 0.393. The summed E-state index contributed by atoms with van der Waals surface area (Å²) in [7, 11) is 0. The van der Waals surface area contributed by atoms with E-state index >= 15 is 0 Å². The molecule has 0 aliphatic heterocycles. The molecular weight excluding hydrogens is 484 g/mol. The Bertz CT molecular complexity index is 1630. The molecule has 4 aromatic rings. The lowest BCUT2D eigenvalue weighted by Crippen LogP contribution is -2.30. The van der Waals surface area contributed by atoms with Crippen LogP contribution in [0.25, 0.3) is 16.7 Å². The Labute approximate surface area is 220 Å². The van der Waals surface area contributed by atoms with Gasteiger partial charge in [0.05, 0.1) is 10.9 Å². The van der Waals surface area contributed by atoms with Crippen molar-refractivity contribution in [2.75, 3.05) is 11.9 Å². The van der Waals surface area contributed by atoms with Crippen LogP contribution in [0.15, 0.2) is 52.1 Å². The second-order valence-corrected chi connectivity index (χ2v) is 10.5. The molecule has 0 unspecified atom stereocenters. The Kier molecular flexibility index (Phi) is 7.80. The summed E-state index contributed by atoms with van der Waals surface area (Å²) in [5.41, 5.74) is 1.34. The van der Waals surface area contributed by atoms with E-state index in [1.54, 1.807) is 18.2 Å². The zero-order valence-corrected chi connectivity index (χ0v) is 22.4. The molecule has 2 aromatic heterocycles. The molecule has 0 saturated carbocycles. The van der Waals surface area contributed by atoms with Crippen molar-refractivity contribution in [2.24, 2.45) is 11.8 Å². The average Bonchev–Trinajstić information content (AvgIpc) is 3.17. The summed E-state index contributed by atoms with van der Waals surface area (Å²) in [5.74, 6) is 0.00635. The van der Waals surface area contributed by atoms with Gasteiger partial charge in [-0.1, -0.05) is 39.8 Å². The van der Waals surface area contributed by atoms with Gasteiger partial charge in [-0.05, 0) is 61.1 Å². The number of nitrogens with zero attached hydrogens (tertiary/aromatic N) is 4. The van der Waals surface area contributed by atoms with Crippen LogP contribution in [0.1, 0.15) is 50.0 Å². The summed E-state index contributed by atoms with van der Waals surface area (Å²) in [6, 6.07) is 12.0. The first-order chi connectivity index (χ1) is 18.0. The molecule has 2 amide bonds. The number of aromatic nitrogens is 4. The van der Waals surface area contributed by atoms with Gasteiger partial charge >= 0.3 is 5.69 Å². The number of nitrogens with one attached hydrogen (secondary N) is 2. The van der Waals surface area contributed by atoms with Crippen molar-refractivity contribution in [1.82, 2.24) is 24.1 Å². The lowest BCUT2D eigenvalue weighted by atomic mass is 10.1. The van der Waals surface area contributed by atoms with Crippen molar-refractivity contribution >= 4 is 34.2 Å². The van der Waals surface area contributed by atoms with E-state index in [9.17, 15) is 19.2 Å². The fourth-order valence-corrected chi connectivity index (χ4v) is 4.21. The molecule has 2 N–H and O–H groups in total. The van der Waals surface area contributed by atoms with E-state index in [2.05, 4.69) is 15.7 Å². The molecule has 38 heavy (non-hydrogen) atoms. The first-order valence-corrected chi connectivity index (χ1v) is 12.9. The van der Waals surface area contributed by atoms with Crippen LogP contribution in [0.3, 0.4) is 0 Å². The summed E-state index contributed by atoms with van der Waals surface area (Å²) in [6.07, 6.45) is 0.700. The number of fused-ring (bicyclic) bond motifs is 3. The van der Waals surface area contributed by atoms with Crippen molar-refractivity contribution < 1.29 is 9.59 Å². The average molecular weight is 519 g/mol. The molecule has 200 valence electrons. The standard InChI is InChI=1S/C28H34N6O4/c1-17(2)11-12-32-26(37)22-10-9-20(25(36)29-15-18(3)4)14-23(22)34-27(32)31-33(28(34)38)16-24(35)30-21-8-6-7-19(5)13-21/h6-10,13-14,17-18H,11-12,15-16H2,1-5H3,(H,29,36)(H,30,35). The van der Waals surface area contributed by atoms with Crippen molar-refractivity contribution in [1.29, 1.82) is 0 Å². The van der Waals surface area contributed by atoms with Crippen molar-refractivity contribution in [3.05, 3.63) is 74.4 Å². The SMILES string of the molecule is Cc1cccc(NC(=O)Cn2nc3n(CCC(C)C)c(=O)c4ccc(C(=O)NCC(C)C)cc4n3c2=O)c1. The Morgan fingerprint density at radius 3 is 2.45 bits per heavy atom. The van der Waals surface area contributed by atoms with Crippen LogP contribution in [0.2, 0.25) is 0 Å². The van der Waals surface area contributed by atoms with E-state index < -0.39 is 11.6 Å². The van der Waals surface area contributed by atoms with Crippen molar-refractivity contribution in [3.63, 3.8) is 0 Å². The van der Waals surface area contributed by atoms with Crippen LogP contribution in [-0.2, 0) is 17.9 Å². The highest BCUT2D eigenvalue weighted by Crippen LogP contribution is 2.16.